The van der Waals surface area contributed by atoms with Crippen LogP contribution < -0.4 is 0 Å². The summed E-state index contributed by atoms with van der Waals surface area (Å²) in [6.45, 7) is 2.11. The number of hydrogen-bond donors (Lipinski definition) is 0. The number of halogens is 2. The molecule has 3 aromatic carbocycles. The van der Waals surface area contributed by atoms with Gasteiger partial charge in [0.15, 0.2) is 0 Å². The van der Waals surface area contributed by atoms with Crippen LogP contribution in [0.2, 0.25) is 5.02 Å². The van der Waals surface area contributed by atoms with E-state index in [1.807, 2.05) is 24.3 Å². The molecule has 0 saturated heterocycles. The predicted octanol–water partition coefficient (Wildman–Crippen LogP) is 9.13. The standard InChI is InChI=1S/C31H32ClF/c1-2-3-4-5-23-6-8-24(9-7-23)10-11-26-15-21-30-28(22-26)18-17-27(31(30)33)16-12-25-13-19-29(32)20-14-25/h2-3,13-15,17-24H,4-11H2,1H3/b3-2+. The summed E-state index contributed by atoms with van der Waals surface area (Å²) in [5.41, 5.74) is 2.55. The molecule has 0 unspecified atom stereocenters. The average Bonchev–Trinajstić information content (AvgIpc) is 2.84. The Hall–Kier alpha value is -2.56. The van der Waals surface area contributed by atoms with Crippen LogP contribution in [0.1, 0.15) is 68.6 Å². The van der Waals surface area contributed by atoms with Crippen molar-refractivity contribution >= 4 is 22.4 Å². The molecule has 0 N–H and O–H groups in total. The highest BCUT2D eigenvalue weighted by molar-refractivity contribution is 6.30. The number of allylic oxidation sites excluding steroid dienone is 2. The van der Waals surface area contributed by atoms with Gasteiger partial charge in [0.1, 0.15) is 5.82 Å². The van der Waals surface area contributed by atoms with Gasteiger partial charge >= 0.3 is 0 Å². The summed E-state index contributed by atoms with van der Waals surface area (Å²) in [4.78, 5) is 0. The van der Waals surface area contributed by atoms with Gasteiger partial charge in [-0.3, -0.25) is 0 Å². The highest BCUT2D eigenvalue weighted by Crippen LogP contribution is 2.34. The van der Waals surface area contributed by atoms with Gasteiger partial charge in [-0.1, -0.05) is 85.5 Å². The smallest absolute Gasteiger partial charge is 0.146 e. The monoisotopic (exact) mass is 458 g/mol. The van der Waals surface area contributed by atoms with Gasteiger partial charge in [-0.15, -0.1) is 0 Å². The number of rotatable bonds is 6. The zero-order valence-corrected chi connectivity index (χ0v) is 20.2. The minimum atomic E-state index is -0.239. The van der Waals surface area contributed by atoms with E-state index in [0.717, 1.165) is 29.2 Å². The number of benzene rings is 3. The fraction of sp³-hybridized carbons (Fsp3) is 0.355. The minimum absolute atomic E-state index is 0.239. The lowest BCUT2D eigenvalue weighted by atomic mass is 9.78. The molecule has 33 heavy (non-hydrogen) atoms. The highest BCUT2D eigenvalue weighted by atomic mass is 35.5. The van der Waals surface area contributed by atoms with Crippen molar-refractivity contribution in [2.24, 2.45) is 11.8 Å². The van der Waals surface area contributed by atoms with Crippen LogP contribution in [0, 0.1) is 29.5 Å². The van der Waals surface area contributed by atoms with E-state index < -0.39 is 0 Å². The summed E-state index contributed by atoms with van der Waals surface area (Å²) < 4.78 is 15.1. The lowest BCUT2D eigenvalue weighted by molar-refractivity contribution is 0.254. The summed E-state index contributed by atoms with van der Waals surface area (Å²) >= 11 is 5.92. The van der Waals surface area contributed by atoms with Gasteiger partial charge in [0, 0.05) is 16.0 Å². The normalized spacial score (nSPS) is 18.4. The Bertz CT molecular complexity index is 1160. The Morgan fingerprint density at radius 3 is 2.36 bits per heavy atom. The van der Waals surface area contributed by atoms with Crippen LogP contribution in [0.15, 0.2) is 66.7 Å². The SMILES string of the molecule is C/C=C/CCC1CCC(CCc2ccc3c(F)c(C#Cc4ccc(Cl)cc4)ccc3c2)CC1. The van der Waals surface area contributed by atoms with Crippen LogP contribution in [0.25, 0.3) is 10.8 Å². The second kappa shape index (κ2) is 11.5. The van der Waals surface area contributed by atoms with E-state index in [4.69, 9.17) is 11.6 Å². The van der Waals surface area contributed by atoms with Crippen molar-refractivity contribution in [3.8, 4) is 11.8 Å². The van der Waals surface area contributed by atoms with Crippen LogP contribution in [-0.2, 0) is 6.42 Å². The number of aryl methyl sites for hydroxylation is 1. The van der Waals surface area contributed by atoms with E-state index in [0.29, 0.717) is 16.0 Å². The summed E-state index contributed by atoms with van der Waals surface area (Å²) in [6.07, 6.45) is 14.8. The molecule has 1 fully saturated rings. The van der Waals surface area contributed by atoms with Crippen LogP contribution >= 0.6 is 11.6 Å². The van der Waals surface area contributed by atoms with Crippen LogP contribution in [0.5, 0.6) is 0 Å². The summed E-state index contributed by atoms with van der Waals surface area (Å²) in [7, 11) is 0. The van der Waals surface area contributed by atoms with Gasteiger partial charge in [0.2, 0.25) is 0 Å². The fourth-order valence-electron chi connectivity index (χ4n) is 4.94. The molecule has 2 heteroatoms. The summed E-state index contributed by atoms with van der Waals surface area (Å²) in [6, 6.07) is 17.2. The molecule has 0 spiro atoms. The molecule has 1 aliphatic rings. The van der Waals surface area contributed by atoms with Crippen LogP contribution in [-0.4, -0.2) is 0 Å². The zero-order chi connectivity index (χ0) is 23.0. The first-order chi connectivity index (χ1) is 16.1. The van der Waals surface area contributed by atoms with E-state index in [-0.39, 0.29) is 5.82 Å². The van der Waals surface area contributed by atoms with Crippen LogP contribution in [0.4, 0.5) is 4.39 Å². The Labute approximate surface area is 202 Å². The Morgan fingerprint density at radius 1 is 0.909 bits per heavy atom. The second-order valence-electron chi connectivity index (χ2n) is 9.31. The molecular weight excluding hydrogens is 427 g/mol. The van der Waals surface area contributed by atoms with Crippen molar-refractivity contribution in [2.75, 3.05) is 0 Å². The Balaban J connectivity index is 1.36. The molecule has 0 radical (unpaired) electrons. The van der Waals surface area contributed by atoms with Crippen molar-refractivity contribution in [3.63, 3.8) is 0 Å². The molecule has 0 heterocycles. The molecule has 3 aromatic rings. The average molecular weight is 459 g/mol. The van der Waals surface area contributed by atoms with Crippen molar-refractivity contribution in [3.05, 3.63) is 94.3 Å². The number of hydrogen-bond acceptors (Lipinski definition) is 0. The first-order valence-electron chi connectivity index (χ1n) is 12.2. The molecular formula is C31H32ClF. The maximum atomic E-state index is 15.1. The van der Waals surface area contributed by atoms with E-state index >= 15 is 4.39 Å². The topological polar surface area (TPSA) is 0 Å². The molecule has 1 aliphatic carbocycles. The van der Waals surface area contributed by atoms with Crippen molar-refractivity contribution < 1.29 is 4.39 Å². The van der Waals surface area contributed by atoms with Gasteiger partial charge in [-0.05, 0) is 85.7 Å². The molecule has 4 rings (SSSR count). The van der Waals surface area contributed by atoms with E-state index in [2.05, 4.69) is 43.0 Å². The quantitative estimate of drug-likeness (QED) is 0.255. The molecule has 0 aliphatic heterocycles. The lowest BCUT2D eigenvalue weighted by Crippen LogP contribution is -2.15. The molecule has 0 bridgehead atoms. The van der Waals surface area contributed by atoms with Crippen LogP contribution in [0.3, 0.4) is 0 Å². The third kappa shape index (κ3) is 6.49. The first-order valence-corrected chi connectivity index (χ1v) is 12.6. The van der Waals surface area contributed by atoms with E-state index in [1.165, 1.54) is 50.5 Å². The van der Waals surface area contributed by atoms with Crippen molar-refractivity contribution in [1.82, 2.24) is 0 Å². The Kier molecular flexibility index (Phi) is 8.25. The predicted molar refractivity (Wildman–Crippen MR) is 139 cm³/mol. The maximum Gasteiger partial charge on any atom is 0.146 e. The zero-order valence-electron chi connectivity index (χ0n) is 19.4. The van der Waals surface area contributed by atoms with Gasteiger partial charge in [0.05, 0.1) is 5.56 Å². The fourth-order valence-corrected chi connectivity index (χ4v) is 5.07. The highest BCUT2D eigenvalue weighted by Gasteiger charge is 2.20. The molecule has 1 saturated carbocycles. The van der Waals surface area contributed by atoms with Gasteiger partial charge < -0.3 is 0 Å². The van der Waals surface area contributed by atoms with Gasteiger partial charge in [0.25, 0.3) is 0 Å². The second-order valence-corrected chi connectivity index (χ2v) is 9.75. The minimum Gasteiger partial charge on any atom is -0.205 e. The Morgan fingerprint density at radius 2 is 1.64 bits per heavy atom. The van der Waals surface area contributed by atoms with Crippen molar-refractivity contribution in [2.45, 2.75) is 58.3 Å². The lowest BCUT2D eigenvalue weighted by Gasteiger charge is -2.28. The summed E-state index contributed by atoms with van der Waals surface area (Å²) in [5, 5.41) is 2.26. The third-order valence-electron chi connectivity index (χ3n) is 6.99. The van der Waals surface area contributed by atoms with Gasteiger partial charge in [-0.2, -0.15) is 0 Å². The summed E-state index contributed by atoms with van der Waals surface area (Å²) in [5.74, 6) is 7.51. The largest absolute Gasteiger partial charge is 0.205 e. The molecule has 0 amide bonds. The molecule has 0 atom stereocenters. The molecule has 0 nitrogen and oxygen atoms in total. The molecule has 0 aromatic heterocycles. The van der Waals surface area contributed by atoms with E-state index in [9.17, 15) is 0 Å². The first kappa shape index (κ1) is 23.6. The third-order valence-corrected chi connectivity index (χ3v) is 7.24. The number of fused-ring (bicyclic) bond motifs is 1. The maximum absolute atomic E-state index is 15.1. The van der Waals surface area contributed by atoms with Gasteiger partial charge in [-0.25, -0.2) is 4.39 Å². The van der Waals surface area contributed by atoms with E-state index in [1.54, 1.807) is 18.2 Å². The molecule has 170 valence electrons. The van der Waals surface area contributed by atoms with Crippen molar-refractivity contribution in [1.29, 1.82) is 0 Å².